The van der Waals surface area contributed by atoms with E-state index < -0.39 is 9.84 Å². The summed E-state index contributed by atoms with van der Waals surface area (Å²) < 4.78 is 24.2. The lowest BCUT2D eigenvalue weighted by Crippen LogP contribution is -2.23. The summed E-state index contributed by atoms with van der Waals surface area (Å²) in [7, 11) is -3.50. The molecular weight excluding hydrogens is 376 g/mol. The number of rotatable bonds is 5. The third kappa shape index (κ3) is 4.77. The minimum absolute atomic E-state index is 0.0659. The van der Waals surface area contributed by atoms with E-state index in [4.69, 9.17) is 0 Å². The van der Waals surface area contributed by atoms with Gasteiger partial charge >= 0.3 is 0 Å². The summed E-state index contributed by atoms with van der Waals surface area (Å²) >= 11 is 0. The van der Waals surface area contributed by atoms with Crippen molar-refractivity contribution in [2.45, 2.75) is 25.3 Å². The van der Waals surface area contributed by atoms with Gasteiger partial charge in [0.1, 0.15) is 5.82 Å². The Morgan fingerprint density at radius 3 is 2.32 bits per heavy atom. The monoisotopic (exact) mass is 396 g/mol. The molecule has 3 rings (SSSR count). The molecule has 0 saturated heterocycles. The highest BCUT2D eigenvalue weighted by atomic mass is 32.2. The molecule has 1 amide bonds. The summed E-state index contributed by atoms with van der Waals surface area (Å²) in [4.78, 5) is 25.2. The molecule has 0 radical (unpaired) electrons. The van der Waals surface area contributed by atoms with E-state index in [0.29, 0.717) is 17.1 Å². The number of amides is 1. The number of aryl methyl sites for hydroxylation is 2. The average Bonchev–Trinajstić information content (AvgIpc) is 2.67. The Kier molecular flexibility index (Phi) is 5.51. The molecule has 1 aromatic carbocycles. The predicted octanol–water partition coefficient (Wildman–Crippen LogP) is 2.49. The van der Waals surface area contributed by atoms with Crippen LogP contribution in [0.3, 0.4) is 0 Å². The summed E-state index contributed by atoms with van der Waals surface area (Å²) in [5.74, 6) is 0.255. The molecule has 0 spiro atoms. The van der Waals surface area contributed by atoms with E-state index in [1.165, 1.54) is 12.1 Å². The van der Waals surface area contributed by atoms with Crippen LogP contribution in [0, 0.1) is 13.8 Å². The van der Waals surface area contributed by atoms with Crippen LogP contribution in [-0.4, -0.2) is 35.5 Å². The van der Waals surface area contributed by atoms with Crippen molar-refractivity contribution in [3.8, 4) is 11.3 Å². The summed E-state index contributed by atoms with van der Waals surface area (Å²) in [6.45, 7) is 3.93. The molecular formula is C20H20N4O3S. The first-order chi connectivity index (χ1) is 13.2. The van der Waals surface area contributed by atoms with Crippen molar-refractivity contribution in [2.75, 3.05) is 6.26 Å². The Bertz CT molecular complexity index is 1110. The molecule has 1 N–H and O–H groups in total. The highest BCUT2D eigenvalue weighted by Gasteiger charge is 2.15. The van der Waals surface area contributed by atoms with Crippen LogP contribution in [-0.2, 0) is 16.4 Å². The molecule has 144 valence electrons. The summed E-state index contributed by atoms with van der Waals surface area (Å²) in [6.07, 6.45) is 6.08. The van der Waals surface area contributed by atoms with E-state index in [0.717, 1.165) is 17.4 Å². The summed E-state index contributed by atoms with van der Waals surface area (Å²) in [6, 6.07) is 8.20. The minimum atomic E-state index is -3.50. The van der Waals surface area contributed by atoms with E-state index >= 15 is 0 Å². The molecule has 2 aromatic heterocycles. The zero-order valence-electron chi connectivity index (χ0n) is 15.8. The molecule has 0 unspecified atom stereocenters. The molecule has 3 aromatic rings. The highest BCUT2D eigenvalue weighted by Crippen LogP contribution is 2.23. The van der Waals surface area contributed by atoms with Crippen molar-refractivity contribution in [1.29, 1.82) is 0 Å². The molecule has 7 nitrogen and oxygen atoms in total. The fourth-order valence-electron chi connectivity index (χ4n) is 2.53. The van der Waals surface area contributed by atoms with Gasteiger partial charge in [0.15, 0.2) is 9.84 Å². The molecule has 0 aliphatic carbocycles. The molecule has 0 aliphatic rings. The standard InChI is InChI=1S/C20H20N4O3S/c1-13-4-5-19(23-9-13)16-6-17(8-18(7-16)28(3,26)27)20(25)24-12-15-10-21-14(2)22-11-15/h4-11H,12H2,1-3H3,(H,24,25). The lowest BCUT2D eigenvalue weighted by Gasteiger charge is -2.10. The third-order valence-corrected chi connectivity index (χ3v) is 5.18. The van der Waals surface area contributed by atoms with Gasteiger partial charge in [-0.25, -0.2) is 18.4 Å². The van der Waals surface area contributed by atoms with Gasteiger partial charge < -0.3 is 5.32 Å². The van der Waals surface area contributed by atoms with Crippen LogP contribution in [0.25, 0.3) is 11.3 Å². The fourth-order valence-corrected chi connectivity index (χ4v) is 3.21. The molecule has 28 heavy (non-hydrogen) atoms. The summed E-state index contributed by atoms with van der Waals surface area (Å²) in [5.41, 5.74) is 3.14. The van der Waals surface area contributed by atoms with Crippen molar-refractivity contribution in [1.82, 2.24) is 20.3 Å². The number of nitrogens with zero attached hydrogens (tertiary/aromatic N) is 3. The number of aromatic nitrogens is 3. The number of nitrogens with one attached hydrogen (secondary N) is 1. The first-order valence-corrected chi connectivity index (χ1v) is 10.5. The van der Waals surface area contributed by atoms with Gasteiger partial charge in [0, 0.05) is 48.1 Å². The first-order valence-electron chi connectivity index (χ1n) is 8.56. The second-order valence-corrected chi connectivity index (χ2v) is 8.58. The number of hydrogen-bond donors (Lipinski definition) is 1. The van der Waals surface area contributed by atoms with Gasteiger partial charge in [-0.2, -0.15) is 0 Å². The van der Waals surface area contributed by atoms with Gasteiger partial charge in [0.05, 0.1) is 10.6 Å². The Balaban J connectivity index is 1.92. The number of carbonyl (C=O) groups is 1. The number of pyridine rings is 1. The Morgan fingerprint density at radius 2 is 1.71 bits per heavy atom. The second-order valence-electron chi connectivity index (χ2n) is 6.56. The lowest BCUT2D eigenvalue weighted by molar-refractivity contribution is 0.0950. The SMILES string of the molecule is Cc1ccc(-c2cc(C(=O)NCc3cnc(C)nc3)cc(S(C)(=O)=O)c2)nc1. The fraction of sp³-hybridized carbons (Fsp3) is 0.200. The first kappa shape index (κ1) is 19.6. The molecule has 0 saturated carbocycles. The van der Waals surface area contributed by atoms with Gasteiger partial charge in [-0.15, -0.1) is 0 Å². The predicted molar refractivity (Wildman–Crippen MR) is 105 cm³/mol. The van der Waals surface area contributed by atoms with Crippen LogP contribution < -0.4 is 5.32 Å². The van der Waals surface area contributed by atoms with Gasteiger partial charge in [-0.05, 0) is 43.7 Å². The van der Waals surface area contributed by atoms with E-state index in [1.54, 1.807) is 37.6 Å². The van der Waals surface area contributed by atoms with Gasteiger partial charge in [-0.1, -0.05) is 6.07 Å². The van der Waals surface area contributed by atoms with E-state index in [-0.39, 0.29) is 22.9 Å². The Morgan fingerprint density at radius 1 is 1.00 bits per heavy atom. The lowest BCUT2D eigenvalue weighted by atomic mass is 10.1. The summed E-state index contributed by atoms with van der Waals surface area (Å²) in [5, 5.41) is 2.77. The second kappa shape index (κ2) is 7.85. The largest absolute Gasteiger partial charge is 0.348 e. The zero-order valence-corrected chi connectivity index (χ0v) is 16.6. The average molecular weight is 396 g/mol. The van der Waals surface area contributed by atoms with Gasteiger partial charge in [-0.3, -0.25) is 9.78 Å². The maximum atomic E-state index is 12.6. The van der Waals surface area contributed by atoms with Crippen LogP contribution in [0.15, 0.2) is 53.8 Å². The van der Waals surface area contributed by atoms with Crippen LogP contribution >= 0.6 is 0 Å². The number of hydrogen-bond acceptors (Lipinski definition) is 6. The molecule has 8 heteroatoms. The number of benzene rings is 1. The van der Waals surface area contributed by atoms with Gasteiger partial charge in [0.25, 0.3) is 5.91 Å². The van der Waals surface area contributed by atoms with Crippen molar-refractivity contribution in [3.05, 3.63) is 71.4 Å². The molecule has 2 heterocycles. The van der Waals surface area contributed by atoms with Crippen LogP contribution in [0.5, 0.6) is 0 Å². The minimum Gasteiger partial charge on any atom is -0.348 e. The molecule has 0 aliphatic heterocycles. The highest BCUT2D eigenvalue weighted by molar-refractivity contribution is 7.90. The third-order valence-electron chi connectivity index (χ3n) is 4.09. The quantitative estimate of drug-likeness (QED) is 0.711. The van der Waals surface area contributed by atoms with Crippen LogP contribution in [0.2, 0.25) is 0 Å². The maximum absolute atomic E-state index is 12.6. The topological polar surface area (TPSA) is 102 Å². The van der Waals surface area contributed by atoms with Crippen LogP contribution in [0.4, 0.5) is 0 Å². The van der Waals surface area contributed by atoms with Crippen molar-refractivity contribution < 1.29 is 13.2 Å². The van der Waals surface area contributed by atoms with Crippen molar-refractivity contribution >= 4 is 15.7 Å². The zero-order chi connectivity index (χ0) is 20.3. The maximum Gasteiger partial charge on any atom is 0.251 e. The van der Waals surface area contributed by atoms with E-state index in [9.17, 15) is 13.2 Å². The number of sulfone groups is 1. The molecule has 0 atom stereocenters. The Labute approximate surface area is 163 Å². The number of carbonyl (C=O) groups excluding carboxylic acids is 1. The van der Waals surface area contributed by atoms with E-state index in [1.807, 2.05) is 13.0 Å². The van der Waals surface area contributed by atoms with E-state index in [2.05, 4.69) is 20.3 Å². The molecule has 0 bridgehead atoms. The molecule has 0 fully saturated rings. The Hall–Kier alpha value is -3.13. The van der Waals surface area contributed by atoms with Crippen LogP contribution in [0.1, 0.15) is 27.3 Å². The van der Waals surface area contributed by atoms with Crippen molar-refractivity contribution in [2.24, 2.45) is 0 Å². The normalized spacial score (nSPS) is 11.2. The van der Waals surface area contributed by atoms with Crippen molar-refractivity contribution in [3.63, 3.8) is 0 Å². The van der Waals surface area contributed by atoms with Gasteiger partial charge in [0.2, 0.25) is 0 Å². The smallest absolute Gasteiger partial charge is 0.251 e.